The molecular formula is C17H10FNO2S2. The fourth-order valence-corrected chi connectivity index (χ4v) is 3.35. The maximum atomic E-state index is 13.8. The highest BCUT2D eigenvalue weighted by Gasteiger charge is 2.38. The van der Waals surface area contributed by atoms with Crippen molar-refractivity contribution in [1.29, 1.82) is 0 Å². The molecule has 1 heterocycles. The number of rotatable bonds is 2. The molecule has 0 saturated carbocycles. The third kappa shape index (κ3) is 3.09. The summed E-state index contributed by atoms with van der Waals surface area (Å²) in [7, 11) is 0. The van der Waals surface area contributed by atoms with Gasteiger partial charge in [-0.05, 0) is 23.8 Å². The van der Waals surface area contributed by atoms with Crippen LogP contribution in [0.2, 0.25) is 0 Å². The van der Waals surface area contributed by atoms with Gasteiger partial charge in [-0.25, -0.2) is 9.29 Å². The smallest absolute Gasteiger partial charge is 0.268 e. The third-order valence-electron chi connectivity index (χ3n) is 3.20. The fourth-order valence-electron chi connectivity index (χ4n) is 2.10. The molecule has 0 aromatic heterocycles. The summed E-state index contributed by atoms with van der Waals surface area (Å²) in [4.78, 5) is 26.1. The van der Waals surface area contributed by atoms with E-state index in [9.17, 15) is 14.0 Å². The topological polar surface area (TPSA) is 37.4 Å². The monoisotopic (exact) mass is 343 g/mol. The minimum atomic E-state index is -0.748. The molecule has 0 bridgehead atoms. The number of thiocarbonyl (C=S) groups is 1. The SMILES string of the molecule is O=C1C(=Cc2ccccc2)SC(=S)N1C(=O)c1ccccc1F. The average Bonchev–Trinajstić information content (AvgIpc) is 2.82. The summed E-state index contributed by atoms with van der Waals surface area (Å²) in [5.74, 6) is -1.96. The van der Waals surface area contributed by atoms with E-state index in [0.29, 0.717) is 4.91 Å². The number of halogens is 1. The van der Waals surface area contributed by atoms with Crippen LogP contribution in [0.1, 0.15) is 15.9 Å². The predicted molar refractivity (Wildman–Crippen MR) is 92.2 cm³/mol. The molecule has 6 heteroatoms. The molecule has 1 saturated heterocycles. The zero-order chi connectivity index (χ0) is 16.4. The van der Waals surface area contributed by atoms with Gasteiger partial charge in [0.15, 0.2) is 4.32 Å². The van der Waals surface area contributed by atoms with E-state index in [2.05, 4.69) is 0 Å². The highest BCUT2D eigenvalue weighted by atomic mass is 32.2. The number of carbonyl (C=O) groups is 2. The van der Waals surface area contributed by atoms with Crippen LogP contribution in [0.4, 0.5) is 4.39 Å². The van der Waals surface area contributed by atoms with Crippen molar-refractivity contribution in [3.63, 3.8) is 0 Å². The van der Waals surface area contributed by atoms with Crippen LogP contribution in [-0.4, -0.2) is 21.0 Å². The van der Waals surface area contributed by atoms with E-state index >= 15 is 0 Å². The molecule has 2 amide bonds. The van der Waals surface area contributed by atoms with Gasteiger partial charge in [0.1, 0.15) is 5.82 Å². The lowest BCUT2D eigenvalue weighted by Gasteiger charge is -2.12. The van der Waals surface area contributed by atoms with Gasteiger partial charge in [-0.2, -0.15) is 0 Å². The second-order valence-corrected chi connectivity index (χ2v) is 6.39. The number of benzene rings is 2. The number of amides is 2. The summed E-state index contributed by atoms with van der Waals surface area (Å²) in [6.45, 7) is 0. The Kier molecular flexibility index (Phi) is 4.36. The van der Waals surface area contributed by atoms with Gasteiger partial charge in [0.25, 0.3) is 11.8 Å². The van der Waals surface area contributed by atoms with Gasteiger partial charge in [0.05, 0.1) is 10.5 Å². The Morgan fingerprint density at radius 3 is 2.43 bits per heavy atom. The quantitative estimate of drug-likeness (QED) is 0.471. The number of nitrogens with zero attached hydrogens (tertiary/aromatic N) is 1. The Labute approximate surface area is 141 Å². The molecule has 0 aliphatic carbocycles. The average molecular weight is 343 g/mol. The van der Waals surface area contributed by atoms with E-state index in [1.165, 1.54) is 24.3 Å². The predicted octanol–water partition coefficient (Wildman–Crippen LogP) is 3.87. The van der Waals surface area contributed by atoms with E-state index in [4.69, 9.17) is 12.2 Å². The van der Waals surface area contributed by atoms with E-state index in [-0.39, 0.29) is 9.88 Å². The lowest BCUT2D eigenvalue weighted by atomic mass is 10.2. The molecule has 2 aromatic rings. The van der Waals surface area contributed by atoms with E-state index < -0.39 is 17.6 Å². The van der Waals surface area contributed by atoms with Crippen LogP contribution in [0, 0.1) is 5.82 Å². The molecule has 1 fully saturated rings. The summed E-state index contributed by atoms with van der Waals surface area (Å²) >= 11 is 6.15. The van der Waals surface area contributed by atoms with Crippen LogP contribution >= 0.6 is 24.0 Å². The lowest BCUT2D eigenvalue weighted by molar-refractivity contribution is -0.120. The number of hydrogen-bond donors (Lipinski definition) is 0. The first kappa shape index (κ1) is 15.6. The van der Waals surface area contributed by atoms with Crippen LogP contribution < -0.4 is 0 Å². The Morgan fingerprint density at radius 2 is 1.74 bits per heavy atom. The summed E-state index contributed by atoms with van der Waals surface area (Å²) in [6.07, 6.45) is 1.66. The van der Waals surface area contributed by atoms with Crippen LogP contribution in [0.3, 0.4) is 0 Å². The summed E-state index contributed by atoms with van der Waals surface area (Å²) in [5, 5.41) is 0. The van der Waals surface area contributed by atoms with Gasteiger partial charge < -0.3 is 0 Å². The molecule has 0 spiro atoms. The van der Waals surface area contributed by atoms with Crippen LogP contribution in [0.5, 0.6) is 0 Å². The van der Waals surface area contributed by atoms with Gasteiger partial charge >= 0.3 is 0 Å². The standard InChI is InChI=1S/C17H10FNO2S2/c18-13-9-5-4-8-12(13)15(20)19-16(21)14(23-17(19)22)10-11-6-2-1-3-7-11/h1-10H. The zero-order valence-electron chi connectivity index (χ0n) is 11.7. The molecule has 0 atom stereocenters. The molecule has 0 radical (unpaired) electrons. The molecule has 23 heavy (non-hydrogen) atoms. The van der Waals surface area contributed by atoms with Gasteiger partial charge in [-0.1, -0.05) is 66.4 Å². The molecule has 1 aliphatic heterocycles. The zero-order valence-corrected chi connectivity index (χ0v) is 13.4. The molecule has 2 aromatic carbocycles. The minimum Gasteiger partial charge on any atom is -0.268 e. The third-order valence-corrected chi connectivity index (χ3v) is 4.50. The molecule has 0 N–H and O–H groups in total. The maximum absolute atomic E-state index is 13.8. The first-order valence-electron chi connectivity index (χ1n) is 6.70. The number of thioether (sulfide) groups is 1. The van der Waals surface area contributed by atoms with Gasteiger partial charge in [0.2, 0.25) is 0 Å². The molecule has 114 valence electrons. The molecule has 1 aliphatic rings. The van der Waals surface area contributed by atoms with Gasteiger partial charge in [0, 0.05) is 0 Å². The number of hydrogen-bond acceptors (Lipinski definition) is 4. The van der Waals surface area contributed by atoms with Crippen LogP contribution in [0.15, 0.2) is 59.5 Å². The largest absolute Gasteiger partial charge is 0.273 e. The number of imide groups is 1. The fraction of sp³-hybridized carbons (Fsp3) is 0. The van der Waals surface area contributed by atoms with Gasteiger partial charge in [-0.15, -0.1) is 0 Å². The van der Waals surface area contributed by atoms with E-state index in [1.54, 1.807) is 6.08 Å². The van der Waals surface area contributed by atoms with E-state index in [1.807, 2.05) is 30.3 Å². The van der Waals surface area contributed by atoms with Crippen LogP contribution in [-0.2, 0) is 4.79 Å². The van der Waals surface area contributed by atoms with E-state index in [0.717, 1.165) is 22.2 Å². The first-order chi connectivity index (χ1) is 11.1. The molecule has 3 rings (SSSR count). The highest BCUT2D eigenvalue weighted by Crippen LogP contribution is 2.33. The first-order valence-corrected chi connectivity index (χ1v) is 7.92. The summed E-state index contributed by atoms with van der Waals surface area (Å²) in [6, 6.07) is 14.7. The lowest BCUT2D eigenvalue weighted by Crippen LogP contribution is -2.35. The number of carbonyl (C=O) groups excluding carboxylic acids is 2. The maximum Gasteiger partial charge on any atom is 0.273 e. The van der Waals surface area contributed by atoms with Crippen molar-refractivity contribution in [1.82, 2.24) is 4.90 Å². The Balaban J connectivity index is 1.92. The van der Waals surface area contributed by atoms with Crippen molar-refractivity contribution in [2.75, 3.05) is 0 Å². The molecule has 3 nitrogen and oxygen atoms in total. The molecular weight excluding hydrogens is 333 g/mol. The van der Waals surface area contributed by atoms with Crippen molar-refractivity contribution in [2.45, 2.75) is 0 Å². The van der Waals surface area contributed by atoms with Crippen molar-refractivity contribution in [2.24, 2.45) is 0 Å². The van der Waals surface area contributed by atoms with Crippen molar-refractivity contribution in [3.8, 4) is 0 Å². The second-order valence-electron chi connectivity index (χ2n) is 4.71. The second kappa shape index (κ2) is 6.44. The van der Waals surface area contributed by atoms with Crippen molar-refractivity contribution in [3.05, 3.63) is 76.4 Å². The summed E-state index contributed by atoms with van der Waals surface area (Å²) < 4.78 is 13.9. The Bertz CT molecular complexity index is 833. The van der Waals surface area contributed by atoms with Crippen molar-refractivity contribution >= 4 is 46.2 Å². The van der Waals surface area contributed by atoms with Crippen molar-refractivity contribution < 1.29 is 14.0 Å². The summed E-state index contributed by atoms with van der Waals surface area (Å²) in [5.41, 5.74) is 0.649. The van der Waals surface area contributed by atoms with Crippen LogP contribution in [0.25, 0.3) is 6.08 Å². The normalized spacial score (nSPS) is 16.2. The Hall–Kier alpha value is -2.31. The Morgan fingerprint density at radius 1 is 1.09 bits per heavy atom. The molecule has 0 unspecified atom stereocenters. The van der Waals surface area contributed by atoms with Gasteiger partial charge in [-0.3, -0.25) is 9.59 Å². The highest BCUT2D eigenvalue weighted by molar-refractivity contribution is 8.26. The minimum absolute atomic E-state index is 0.102.